The van der Waals surface area contributed by atoms with Gasteiger partial charge in [0.1, 0.15) is 0 Å². The fraction of sp³-hybridized carbons (Fsp3) is 0.778. The second-order valence-corrected chi connectivity index (χ2v) is 9.46. The minimum absolute atomic E-state index is 0.0296. The highest BCUT2D eigenvalue weighted by atomic mass is 32.1. The molecule has 1 heterocycles. The van der Waals surface area contributed by atoms with Gasteiger partial charge in [-0.2, -0.15) is 0 Å². The first-order valence-electron chi connectivity index (χ1n) is 9.25. The predicted octanol–water partition coefficient (Wildman–Crippen LogP) is 4.11. The summed E-state index contributed by atoms with van der Waals surface area (Å²) in [7, 11) is 0. The highest BCUT2D eigenvalue weighted by Crippen LogP contribution is 2.55. The zero-order valence-corrected chi connectivity index (χ0v) is 14.4. The highest BCUT2D eigenvalue weighted by molar-refractivity contribution is 7.15. The van der Waals surface area contributed by atoms with E-state index in [4.69, 9.17) is 0 Å². The lowest BCUT2D eigenvalue weighted by molar-refractivity contribution is -0.0127. The predicted molar refractivity (Wildman–Crippen MR) is 91.8 cm³/mol. The molecule has 23 heavy (non-hydrogen) atoms. The number of hydrogen-bond acceptors (Lipinski definition) is 3. The Hall–Kier alpha value is -1.10. The maximum Gasteiger partial charge on any atom is 0.321 e. The smallest absolute Gasteiger partial charge is 0.321 e. The quantitative estimate of drug-likeness (QED) is 0.857. The van der Waals surface area contributed by atoms with Crippen molar-refractivity contribution in [2.24, 2.45) is 17.8 Å². The zero-order valence-electron chi connectivity index (χ0n) is 13.6. The van der Waals surface area contributed by atoms with Crippen molar-refractivity contribution in [2.75, 3.05) is 5.32 Å². The summed E-state index contributed by atoms with van der Waals surface area (Å²) in [5.41, 5.74) is 1.29. The van der Waals surface area contributed by atoms with E-state index in [1.54, 1.807) is 11.3 Å². The molecular weight excluding hydrogens is 306 g/mol. The van der Waals surface area contributed by atoms with E-state index in [-0.39, 0.29) is 11.6 Å². The van der Waals surface area contributed by atoms with Crippen LogP contribution in [0.4, 0.5) is 9.93 Å². The molecule has 5 heteroatoms. The number of aromatic nitrogens is 1. The zero-order chi connectivity index (χ0) is 15.4. The Balaban J connectivity index is 1.27. The van der Waals surface area contributed by atoms with E-state index in [1.807, 2.05) is 0 Å². The molecule has 0 spiro atoms. The monoisotopic (exact) mass is 331 g/mol. The number of aryl methyl sites for hydroxylation is 2. The average molecular weight is 331 g/mol. The number of fused-ring (bicyclic) bond motifs is 1. The van der Waals surface area contributed by atoms with Crippen molar-refractivity contribution < 1.29 is 4.79 Å². The van der Waals surface area contributed by atoms with E-state index < -0.39 is 0 Å². The third kappa shape index (κ3) is 2.57. The van der Waals surface area contributed by atoms with Gasteiger partial charge in [-0.25, -0.2) is 9.78 Å². The van der Waals surface area contributed by atoms with Crippen LogP contribution in [0.2, 0.25) is 0 Å². The molecule has 4 fully saturated rings. The molecule has 4 saturated carbocycles. The van der Waals surface area contributed by atoms with Gasteiger partial charge < -0.3 is 5.32 Å². The first-order valence-corrected chi connectivity index (χ1v) is 10.1. The molecule has 4 bridgehead atoms. The van der Waals surface area contributed by atoms with Crippen molar-refractivity contribution in [3.05, 3.63) is 10.6 Å². The van der Waals surface area contributed by atoms with Gasteiger partial charge in [0.25, 0.3) is 0 Å². The molecule has 0 atom stereocenters. The molecular formula is C18H25N3OS. The lowest BCUT2D eigenvalue weighted by Crippen LogP contribution is -2.60. The van der Waals surface area contributed by atoms with Crippen molar-refractivity contribution in [3.63, 3.8) is 0 Å². The third-order valence-corrected chi connectivity index (χ3v) is 7.56. The van der Waals surface area contributed by atoms with Crippen molar-refractivity contribution in [2.45, 2.75) is 69.7 Å². The van der Waals surface area contributed by atoms with E-state index in [1.165, 1.54) is 61.9 Å². The molecule has 5 aliphatic carbocycles. The van der Waals surface area contributed by atoms with E-state index in [9.17, 15) is 4.79 Å². The molecule has 2 amide bonds. The standard InChI is InChI=1S/C18H25N3OS/c22-16(20-17-19-14-3-1-2-4-15(14)23-17)21-18-8-11-5-12(9-18)7-13(6-11)10-18/h11-13H,1-10H2,(H2,19,20,21,22). The third-order valence-electron chi connectivity index (χ3n) is 6.48. The fourth-order valence-electron chi connectivity index (χ4n) is 6.04. The van der Waals surface area contributed by atoms with Gasteiger partial charge in [-0.3, -0.25) is 5.32 Å². The van der Waals surface area contributed by atoms with Crippen LogP contribution < -0.4 is 10.6 Å². The number of amides is 2. The first kappa shape index (κ1) is 14.3. The SMILES string of the molecule is O=C(Nc1nc2c(s1)CCCC2)NC12CC3CC(CC(C3)C1)C2. The van der Waals surface area contributed by atoms with Crippen molar-refractivity contribution in [1.82, 2.24) is 10.3 Å². The summed E-state index contributed by atoms with van der Waals surface area (Å²) in [5, 5.41) is 7.19. The van der Waals surface area contributed by atoms with Crippen LogP contribution in [0.3, 0.4) is 0 Å². The Morgan fingerprint density at radius 3 is 2.35 bits per heavy atom. The van der Waals surface area contributed by atoms with Gasteiger partial charge in [0.2, 0.25) is 0 Å². The van der Waals surface area contributed by atoms with Crippen LogP contribution in [-0.4, -0.2) is 16.6 Å². The van der Waals surface area contributed by atoms with Gasteiger partial charge in [0, 0.05) is 10.4 Å². The van der Waals surface area contributed by atoms with E-state index in [0.717, 1.165) is 35.7 Å². The Bertz CT molecular complexity index is 579. The minimum Gasteiger partial charge on any atom is -0.332 e. The molecule has 5 aliphatic rings. The minimum atomic E-state index is -0.0296. The second kappa shape index (κ2) is 5.20. The lowest BCUT2D eigenvalue weighted by atomic mass is 9.53. The number of nitrogens with one attached hydrogen (secondary N) is 2. The Labute approximate surface area is 141 Å². The Morgan fingerprint density at radius 2 is 1.70 bits per heavy atom. The van der Waals surface area contributed by atoms with Crippen LogP contribution in [0.5, 0.6) is 0 Å². The second-order valence-electron chi connectivity index (χ2n) is 8.37. The van der Waals surface area contributed by atoms with E-state index in [2.05, 4.69) is 15.6 Å². The number of carbonyl (C=O) groups is 1. The number of anilines is 1. The number of thiazole rings is 1. The molecule has 0 saturated heterocycles. The van der Waals surface area contributed by atoms with Gasteiger partial charge in [0.05, 0.1) is 5.69 Å². The van der Waals surface area contributed by atoms with Crippen LogP contribution in [-0.2, 0) is 12.8 Å². The van der Waals surface area contributed by atoms with Crippen LogP contribution >= 0.6 is 11.3 Å². The normalized spacial score (nSPS) is 37.5. The van der Waals surface area contributed by atoms with E-state index in [0.29, 0.717) is 0 Å². The number of urea groups is 1. The maximum absolute atomic E-state index is 12.6. The number of carbonyl (C=O) groups excluding carboxylic acids is 1. The molecule has 0 radical (unpaired) electrons. The molecule has 4 nitrogen and oxygen atoms in total. The summed E-state index contributed by atoms with van der Waals surface area (Å²) in [5.74, 6) is 2.57. The molecule has 0 aromatic carbocycles. The highest BCUT2D eigenvalue weighted by Gasteiger charge is 2.51. The number of nitrogens with zero attached hydrogens (tertiary/aromatic N) is 1. The van der Waals surface area contributed by atoms with E-state index >= 15 is 0 Å². The average Bonchev–Trinajstić information content (AvgIpc) is 2.86. The molecule has 2 N–H and O–H groups in total. The Morgan fingerprint density at radius 1 is 1.04 bits per heavy atom. The number of rotatable bonds is 2. The Kier molecular flexibility index (Phi) is 3.22. The van der Waals surface area contributed by atoms with Crippen molar-refractivity contribution in [3.8, 4) is 0 Å². The van der Waals surface area contributed by atoms with Crippen LogP contribution in [0.25, 0.3) is 0 Å². The first-order chi connectivity index (χ1) is 11.2. The van der Waals surface area contributed by atoms with Crippen molar-refractivity contribution >= 4 is 22.5 Å². The molecule has 1 aromatic heterocycles. The molecule has 0 unspecified atom stereocenters. The van der Waals surface area contributed by atoms with Gasteiger partial charge in [0.15, 0.2) is 5.13 Å². The van der Waals surface area contributed by atoms with Crippen LogP contribution in [0, 0.1) is 17.8 Å². The van der Waals surface area contributed by atoms with Crippen LogP contribution in [0.1, 0.15) is 61.9 Å². The lowest BCUT2D eigenvalue weighted by Gasteiger charge is -2.56. The maximum atomic E-state index is 12.6. The fourth-order valence-corrected chi connectivity index (χ4v) is 7.08. The summed E-state index contributed by atoms with van der Waals surface area (Å²) in [6.07, 6.45) is 12.5. The van der Waals surface area contributed by atoms with Crippen molar-refractivity contribution in [1.29, 1.82) is 0 Å². The van der Waals surface area contributed by atoms with Crippen LogP contribution in [0.15, 0.2) is 0 Å². The van der Waals surface area contributed by atoms with Gasteiger partial charge in [-0.15, -0.1) is 11.3 Å². The topological polar surface area (TPSA) is 54.0 Å². The van der Waals surface area contributed by atoms with Gasteiger partial charge >= 0.3 is 6.03 Å². The molecule has 6 rings (SSSR count). The summed E-state index contributed by atoms with van der Waals surface area (Å²) in [4.78, 5) is 18.6. The summed E-state index contributed by atoms with van der Waals surface area (Å²) in [6.45, 7) is 0. The van der Waals surface area contributed by atoms with Gasteiger partial charge in [-0.1, -0.05) is 0 Å². The largest absolute Gasteiger partial charge is 0.332 e. The molecule has 124 valence electrons. The summed E-state index contributed by atoms with van der Waals surface area (Å²) < 4.78 is 0. The summed E-state index contributed by atoms with van der Waals surface area (Å²) in [6, 6.07) is -0.0296. The van der Waals surface area contributed by atoms with Gasteiger partial charge in [-0.05, 0) is 82.0 Å². The number of hydrogen-bond donors (Lipinski definition) is 2. The molecule has 1 aromatic rings. The molecule has 0 aliphatic heterocycles. The summed E-state index contributed by atoms with van der Waals surface area (Å²) >= 11 is 1.67.